The molecule has 0 aliphatic rings. The van der Waals surface area contributed by atoms with Crippen LogP contribution in [0, 0.1) is 6.92 Å². The number of hydrogen-bond donors (Lipinski definition) is 1. The van der Waals surface area contributed by atoms with Crippen molar-refractivity contribution in [2.24, 2.45) is 0 Å². The van der Waals surface area contributed by atoms with Gasteiger partial charge in [0.25, 0.3) is 0 Å². The molecule has 0 saturated heterocycles. The van der Waals surface area contributed by atoms with E-state index in [-0.39, 0.29) is 0 Å². The Kier molecular flexibility index (Phi) is 6.03. The molecule has 0 amide bonds. The van der Waals surface area contributed by atoms with Gasteiger partial charge in [-0.15, -0.1) is 0 Å². The minimum atomic E-state index is -0.829. The Bertz CT molecular complexity index is 617. The maximum atomic E-state index is 11.5. The van der Waals surface area contributed by atoms with Crippen LogP contribution in [0.1, 0.15) is 30.4 Å². The van der Waals surface area contributed by atoms with Gasteiger partial charge in [0, 0.05) is 0 Å². The molecule has 2 aromatic rings. The van der Waals surface area contributed by atoms with Crippen LogP contribution in [-0.2, 0) is 4.79 Å². The lowest BCUT2D eigenvalue weighted by Crippen LogP contribution is -2.15. The minimum absolute atomic E-state index is 0.346. The Balaban J connectivity index is 1.91. The molecular formula is C19H22O4. The van der Waals surface area contributed by atoms with Crippen LogP contribution in [0.2, 0.25) is 0 Å². The fourth-order valence-electron chi connectivity index (χ4n) is 2.32. The summed E-state index contributed by atoms with van der Waals surface area (Å²) in [6.07, 6.45) is 0.422. The van der Waals surface area contributed by atoms with Crippen molar-refractivity contribution >= 4 is 5.97 Å². The van der Waals surface area contributed by atoms with Crippen LogP contribution < -0.4 is 9.47 Å². The number of carbonyl (C=O) groups is 1. The highest BCUT2D eigenvalue weighted by atomic mass is 16.5. The fraction of sp³-hybridized carbons (Fsp3) is 0.316. The summed E-state index contributed by atoms with van der Waals surface area (Å²) < 4.78 is 11.0. The van der Waals surface area contributed by atoms with E-state index in [1.807, 2.05) is 62.4 Å². The van der Waals surface area contributed by atoms with Gasteiger partial charge in [-0.05, 0) is 50.1 Å². The lowest BCUT2D eigenvalue weighted by Gasteiger charge is -2.14. The predicted octanol–water partition coefficient (Wildman–Crippen LogP) is 4.03. The molecule has 4 nitrogen and oxygen atoms in total. The normalized spacial score (nSPS) is 11.7. The van der Waals surface area contributed by atoms with Crippen molar-refractivity contribution in [2.75, 3.05) is 13.2 Å². The zero-order chi connectivity index (χ0) is 16.7. The maximum Gasteiger partial charge on any atom is 0.311 e. The topological polar surface area (TPSA) is 55.8 Å². The molecule has 4 heteroatoms. The van der Waals surface area contributed by atoms with Gasteiger partial charge in [-0.3, -0.25) is 4.79 Å². The fourth-order valence-corrected chi connectivity index (χ4v) is 2.32. The lowest BCUT2D eigenvalue weighted by molar-refractivity contribution is -0.139. The van der Waals surface area contributed by atoms with Crippen LogP contribution in [0.4, 0.5) is 0 Å². The molecule has 122 valence electrons. The summed E-state index contributed by atoms with van der Waals surface area (Å²) in [6, 6.07) is 14.9. The van der Waals surface area contributed by atoms with Gasteiger partial charge in [-0.1, -0.05) is 29.8 Å². The summed E-state index contributed by atoms with van der Waals surface area (Å²) >= 11 is 0. The number of benzene rings is 2. The number of aryl methyl sites for hydroxylation is 1. The van der Waals surface area contributed by atoms with Crippen molar-refractivity contribution in [2.45, 2.75) is 26.2 Å². The molecular weight excluding hydrogens is 292 g/mol. The number of aliphatic carboxylic acids is 1. The minimum Gasteiger partial charge on any atom is -0.494 e. The molecule has 1 unspecified atom stereocenters. The quantitative estimate of drug-likeness (QED) is 0.799. The Morgan fingerprint density at radius 1 is 1.00 bits per heavy atom. The van der Waals surface area contributed by atoms with E-state index in [1.165, 1.54) is 0 Å². The number of carboxylic acids is 1. The highest BCUT2D eigenvalue weighted by Gasteiger charge is 2.19. The van der Waals surface area contributed by atoms with Crippen molar-refractivity contribution in [3.63, 3.8) is 0 Å². The summed E-state index contributed by atoms with van der Waals surface area (Å²) in [5.74, 6) is 0.117. The molecule has 0 radical (unpaired) electrons. The van der Waals surface area contributed by atoms with Crippen LogP contribution in [0.3, 0.4) is 0 Å². The first-order valence-electron chi connectivity index (χ1n) is 7.75. The average molecular weight is 314 g/mol. The monoisotopic (exact) mass is 314 g/mol. The zero-order valence-corrected chi connectivity index (χ0v) is 13.5. The van der Waals surface area contributed by atoms with Gasteiger partial charge in [0.15, 0.2) is 0 Å². The molecule has 0 spiro atoms. The van der Waals surface area contributed by atoms with Crippen molar-refractivity contribution in [3.05, 3.63) is 59.7 Å². The Hall–Kier alpha value is -2.49. The Morgan fingerprint density at radius 3 is 2.09 bits per heavy atom. The van der Waals surface area contributed by atoms with E-state index in [0.717, 1.165) is 16.9 Å². The van der Waals surface area contributed by atoms with E-state index in [0.29, 0.717) is 25.4 Å². The molecule has 23 heavy (non-hydrogen) atoms. The van der Waals surface area contributed by atoms with E-state index < -0.39 is 11.9 Å². The molecule has 1 N–H and O–H groups in total. The summed E-state index contributed by atoms with van der Waals surface area (Å²) in [4.78, 5) is 11.5. The van der Waals surface area contributed by atoms with Gasteiger partial charge in [0.05, 0.1) is 19.1 Å². The largest absolute Gasteiger partial charge is 0.494 e. The Morgan fingerprint density at radius 2 is 1.57 bits per heavy atom. The van der Waals surface area contributed by atoms with Crippen molar-refractivity contribution in [1.29, 1.82) is 0 Å². The van der Waals surface area contributed by atoms with Gasteiger partial charge in [-0.2, -0.15) is 0 Å². The predicted molar refractivity (Wildman–Crippen MR) is 89.3 cm³/mol. The average Bonchev–Trinajstić information content (AvgIpc) is 2.54. The first-order chi connectivity index (χ1) is 11.1. The molecule has 0 aliphatic heterocycles. The third-order valence-corrected chi connectivity index (χ3v) is 3.59. The summed E-state index contributed by atoms with van der Waals surface area (Å²) in [6.45, 7) is 4.88. The van der Waals surface area contributed by atoms with Gasteiger partial charge in [-0.25, -0.2) is 0 Å². The highest BCUT2D eigenvalue weighted by molar-refractivity contribution is 5.76. The summed E-state index contributed by atoms with van der Waals surface area (Å²) in [5.41, 5.74) is 1.92. The van der Waals surface area contributed by atoms with E-state index in [2.05, 4.69) is 0 Å². The van der Waals surface area contributed by atoms with Crippen molar-refractivity contribution < 1.29 is 19.4 Å². The molecule has 0 aliphatic carbocycles. The van der Waals surface area contributed by atoms with E-state index in [1.54, 1.807) is 0 Å². The zero-order valence-electron chi connectivity index (χ0n) is 13.5. The van der Waals surface area contributed by atoms with E-state index in [4.69, 9.17) is 9.47 Å². The first kappa shape index (κ1) is 16.9. The third kappa shape index (κ3) is 5.02. The standard InChI is InChI=1S/C19H22O4/c1-3-22-16-8-10-17(11-9-16)23-13-12-18(19(20)21)15-6-4-14(2)5-7-15/h4-11,18H,3,12-13H2,1-2H3,(H,20,21). The molecule has 0 bridgehead atoms. The SMILES string of the molecule is CCOc1ccc(OCCC(C(=O)O)c2ccc(C)cc2)cc1. The van der Waals surface area contributed by atoms with Crippen molar-refractivity contribution in [1.82, 2.24) is 0 Å². The number of rotatable bonds is 8. The number of hydrogen-bond acceptors (Lipinski definition) is 3. The molecule has 0 fully saturated rings. The van der Waals surface area contributed by atoms with Gasteiger partial charge in [0.1, 0.15) is 11.5 Å². The molecule has 2 rings (SSSR count). The number of ether oxygens (including phenoxy) is 2. The summed E-state index contributed by atoms with van der Waals surface area (Å²) in [5, 5.41) is 9.42. The van der Waals surface area contributed by atoms with Crippen LogP contribution in [0.15, 0.2) is 48.5 Å². The second-order valence-corrected chi connectivity index (χ2v) is 5.34. The second-order valence-electron chi connectivity index (χ2n) is 5.34. The van der Waals surface area contributed by atoms with Crippen molar-refractivity contribution in [3.8, 4) is 11.5 Å². The van der Waals surface area contributed by atoms with E-state index in [9.17, 15) is 9.90 Å². The van der Waals surface area contributed by atoms with E-state index >= 15 is 0 Å². The van der Waals surface area contributed by atoms with Crippen LogP contribution >= 0.6 is 0 Å². The highest BCUT2D eigenvalue weighted by Crippen LogP contribution is 2.22. The van der Waals surface area contributed by atoms with Gasteiger partial charge < -0.3 is 14.6 Å². The van der Waals surface area contributed by atoms with Crippen LogP contribution in [0.25, 0.3) is 0 Å². The van der Waals surface area contributed by atoms with Gasteiger partial charge >= 0.3 is 5.97 Å². The number of carboxylic acid groups (broad SMARTS) is 1. The first-order valence-corrected chi connectivity index (χ1v) is 7.75. The summed E-state index contributed by atoms with van der Waals surface area (Å²) in [7, 11) is 0. The van der Waals surface area contributed by atoms with Crippen LogP contribution in [0.5, 0.6) is 11.5 Å². The van der Waals surface area contributed by atoms with Gasteiger partial charge in [0.2, 0.25) is 0 Å². The maximum absolute atomic E-state index is 11.5. The molecule has 0 heterocycles. The third-order valence-electron chi connectivity index (χ3n) is 3.59. The smallest absolute Gasteiger partial charge is 0.311 e. The molecule has 0 aromatic heterocycles. The Labute approximate surface area is 136 Å². The molecule has 1 atom stereocenters. The second kappa shape index (κ2) is 8.22. The van der Waals surface area contributed by atoms with Crippen LogP contribution in [-0.4, -0.2) is 24.3 Å². The lowest BCUT2D eigenvalue weighted by atomic mass is 9.95. The molecule has 0 saturated carbocycles. The molecule has 2 aromatic carbocycles.